The number of anilines is 1. The molecule has 0 aliphatic heterocycles. The van der Waals surface area contributed by atoms with E-state index in [1.54, 1.807) is 6.33 Å². The van der Waals surface area contributed by atoms with Crippen LogP contribution in [-0.2, 0) is 0 Å². The van der Waals surface area contributed by atoms with Gasteiger partial charge in [-0.2, -0.15) is 0 Å². The third-order valence-corrected chi connectivity index (χ3v) is 3.61. The van der Waals surface area contributed by atoms with E-state index in [1.807, 2.05) is 30.3 Å². The Labute approximate surface area is 129 Å². The van der Waals surface area contributed by atoms with Crippen molar-refractivity contribution < 1.29 is 0 Å². The number of benzene rings is 2. The zero-order valence-corrected chi connectivity index (χ0v) is 12.6. The number of hydrogen-bond acceptors (Lipinski definition) is 3. The number of nitrogens with one attached hydrogen (secondary N) is 1. The van der Waals surface area contributed by atoms with Crippen LogP contribution in [0.25, 0.3) is 22.0 Å². The fraction of sp³-hybridized carbons (Fsp3) is 0.176. The van der Waals surface area contributed by atoms with Gasteiger partial charge in [0.2, 0.25) is 0 Å². The van der Waals surface area contributed by atoms with Crippen LogP contribution in [0.15, 0.2) is 48.8 Å². The molecule has 0 spiro atoms. The first-order chi connectivity index (χ1) is 10.3. The molecule has 0 fully saturated rings. The molecular formula is C17H16ClN3. The van der Waals surface area contributed by atoms with E-state index < -0.39 is 0 Å². The average molecular weight is 298 g/mol. The smallest absolute Gasteiger partial charge is 0.137 e. The number of rotatable bonds is 4. The Morgan fingerprint density at radius 3 is 2.52 bits per heavy atom. The van der Waals surface area contributed by atoms with Gasteiger partial charge in [-0.1, -0.05) is 36.7 Å². The Hall–Kier alpha value is -2.13. The van der Waals surface area contributed by atoms with Gasteiger partial charge in [-0.3, -0.25) is 0 Å². The summed E-state index contributed by atoms with van der Waals surface area (Å²) in [7, 11) is 0. The van der Waals surface area contributed by atoms with Gasteiger partial charge in [0.25, 0.3) is 0 Å². The molecule has 0 atom stereocenters. The number of halogens is 1. The Morgan fingerprint density at radius 1 is 1.00 bits per heavy atom. The van der Waals surface area contributed by atoms with Crippen molar-refractivity contribution >= 4 is 28.3 Å². The molecule has 1 N–H and O–H groups in total. The first kappa shape index (κ1) is 13.8. The van der Waals surface area contributed by atoms with Gasteiger partial charge in [0.05, 0.1) is 5.52 Å². The predicted octanol–water partition coefficient (Wildman–Crippen LogP) is 4.77. The second-order valence-electron chi connectivity index (χ2n) is 4.89. The summed E-state index contributed by atoms with van der Waals surface area (Å²) < 4.78 is 0. The van der Waals surface area contributed by atoms with Crippen molar-refractivity contribution in [2.75, 3.05) is 11.9 Å². The maximum atomic E-state index is 5.95. The lowest BCUT2D eigenvalue weighted by atomic mass is 10.0. The summed E-state index contributed by atoms with van der Waals surface area (Å²) in [6.45, 7) is 3.03. The first-order valence-corrected chi connectivity index (χ1v) is 7.40. The molecule has 0 amide bonds. The van der Waals surface area contributed by atoms with Crippen LogP contribution in [0.4, 0.5) is 5.82 Å². The van der Waals surface area contributed by atoms with Crippen LogP contribution in [0, 0.1) is 0 Å². The molecule has 3 nitrogen and oxygen atoms in total. The summed E-state index contributed by atoms with van der Waals surface area (Å²) >= 11 is 5.95. The third kappa shape index (κ3) is 2.98. The zero-order valence-electron chi connectivity index (χ0n) is 11.8. The van der Waals surface area contributed by atoms with Gasteiger partial charge in [-0.15, -0.1) is 0 Å². The summed E-state index contributed by atoms with van der Waals surface area (Å²) in [5.41, 5.74) is 3.21. The Kier molecular flexibility index (Phi) is 4.02. The molecular weight excluding hydrogens is 282 g/mol. The highest BCUT2D eigenvalue weighted by Crippen LogP contribution is 2.27. The van der Waals surface area contributed by atoms with Crippen molar-refractivity contribution in [3.8, 4) is 11.1 Å². The molecule has 0 saturated carbocycles. The maximum Gasteiger partial charge on any atom is 0.137 e. The minimum atomic E-state index is 0.744. The Balaban J connectivity index is 2.07. The quantitative estimate of drug-likeness (QED) is 0.753. The Bertz CT molecular complexity index is 754. The van der Waals surface area contributed by atoms with Gasteiger partial charge < -0.3 is 5.32 Å². The van der Waals surface area contributed by atoms with E-state index in [0.29, 0.717) is 0 Å². The molecule has 3 aromatic rings. The summed E-state index contributed by atoms with van der Waals surface area (Å²) in [5.74, 6) is 0.887. The number of hydrogen-bond donors (Lipinski definition) is 1. The van der Waals surface area contributed by atoms with E-state index in [4.69, 9.17) is 11.6 Å². The molecule has 0 aliphatic carbocycles. The predicted molar refractivity (Wildman–Crippen MR) is 88.8 cm³/mol. The monoisotopic (exact) mass is 297 g/mol. The van der Waals surface area contributed by atoms with Crippen LogP contribution in [0.5, 0.6) is 0 Å². The largest absolute Gasteiger partial charge is 0.369 e. The molecule has 106 valence electrons. The highest BCUT2D eigenvalue weighted by atomic mass is 35.5. The molecule has 1 heterocycles. The lowest BCUT2D eigenvalue weighted by molar-refractivity contribution is 0.969. The van der Waals surface area contributed by atoms with Gasteiger partial charge in [-0.05, 0) is 41.8 Å². The van der Waals surface area contributed by atoms with E-state index in [-0.39, 0.29) is 0 Å². The highest BCUT2D eigenvalue weighted by Gasteiger charge is 2.05. The van der Waals surface area contributed by atoms with E-state index in [9.17, 15) is 0 Å². The SMILES string of the molecule is CCCNc1ncnc2ccc(-c3ccc(Cl)cc3)cc12. The molecule has 2 aromatic carbocycles. The molecule has 0 radical (unpaired) electrons. The summed E-state index contributed by atoms with van der Waals surface area (Å²) in [4.78, 5) is 8.68. The maximum absolute atomic E-state index is 5.95. The number of fused-ring (bicyclic) bond motifs is 1. The Morgan fingerprint density at radius 2 is 1.76 bits per heavy atom. The van der Waals surface area contributed by atoms with E-state index >= 15 is 0 Å². The summed E-state index contributed by atoms with van der Waals surface area (Å²) in [6.07, 6.45) is 2.66. The van der Waals surface area contributed by atoms with Crippen molar-refractivity contribution in [2.24, 2.45) is 0 Å². The van der Waals surface area contributed by atoms with E-state index in [1.165, 1.54) is 0 Å². The van der Waals surface area contributed by atoms with Crippen LogP contribution in [-0.4, -0.2) is 16.5 Å². The number of nitrogens with zero attached hydrogens (tertiary/aromatic N) is 2. The van der Waals surface area contributed by atoms with Gasteiger partial charge in [0.1, 0.15) is 12.1 Å². The van der Waals surface area contributed by atoms with Gasteiger partial charge in [0.15, 0.2) is 0 Å². The van der Waals surface area contributed by atoms with Crippen molar-refractivity contribution in [3.05, 3.63) is 53.8 Å². The van der Waals surface area contributed by atoms with Crippen molar-refractivity contribution in [1.82, 2.24) is 9.97 Å². The fourth-order valence-corrected chi connectivity index (χ4v) is 2.39. The fourth-order valence-electron chi connectivity index (χ4n) is 2.26. The highest BCUT2D eigenvalue weighted by molar-refractivity contribution is 6.30. The molecule has 0 saturated heterocycles. The van der Waals surface area contributed by atoms with E-state index in [0.717, 1.165) is 45.8 Å². The second-order valence-corrected chi connectivity index (χ2v) is 5.32. The third-order valence-electron chi connectivity index (χ3n) is 3.36. The van der Waals surface area contributed by atoms with E-state index in [2.05, 4.69) is 34.3 Å². The molecule has 1 aromatic heterocycles. The molecule has 0 bridgehead atoms. The summed E-state index contributed by atoms with van der Waals surface area (Å²) in [6, 6.07) is 14.1. The van der Waals surface area contributed by atoms with Gasteiger partial charge in [0, 0.05) is 17.0 Å². The zero-order chi connectivity index (χ0) is 14.7. The second kappa shape index (κ2) is 6.10. The van der Waals surface area contributed by atoms with Crippen LogP contribution >= 0.6 is 11.6 Å². The van der Waals surface area contributed by atoms with Crippen molar-refractivity contribution in [2.45, 2.75) is 13.3 Å². The molecule has 0 aliphatic rings. The van der Waals surface area contributed by atoms with Gasteiger partial charge in [-0.25, -0.2) is 9.97 Å². The topological polar surface area (TPSA) is 37.8 Å². The van der Waals surface area contributed by atoms with Gasteiger partial charge >= 0.3 is 0 Å². The standard InChI is InChI=1S/C17H16ClN3/c1-2-9-19-17-15-10-13(5-8-16(15)20-11-21-17)12-3-6-14(18)7-4-12/h3-8,10-11H,2,9H2,1H3,(H,19,20,21). The van der Waals surface area contributed by atoms with Crippen LogP contribution in [0.2, 0.25) is 5.02 Å². The average Bonchev–Trinajstić information content (AvgIpc) is 2.53. The van der Waals surface area contributed by atoms with Crippen LogP contribution in [0.1, 0.15) is 13.3 Å². The number of aromatic nitrogens is 2. The molecule has 21 heavy (non-hydrogen) atoms. The summed E-state index contributed by atoms with van der Waals surface area (Å²) in [5, 5.41) is 5.14. The molecule has 3 rings (SSSR count). The minimum Gasteiger partial charge on any atom is -0.369 e. The molecule has 4 heteroatoms. The minimum absolute atomic E-state index is 0.744. The van der Waals surface area contributed by atoms with Crippen molar-refractivity contribution in [1.29, 1.82) is 0 Å². The van der Waals surface area contributed by atoms with Crippen LogP contribution in [0.3, 0.4) is 0 Å². The first-order valence-electron chi connectivity index (χ1n) is 7.02. The van der Waals surface area contributed by atoms with Crippen LogP contribution < -0.4 is 5.32 Å². The lowest BCUT2D eigenvalue weighted by Gasteiger charge is -2.09. The normalized spacial score (nSPS) is 10.8. The lowest BCUT2D eigenvalue weighted by Crippen LogP contribution is -2.03. The molecule has 0 unspecified atom stereocenters. The van der Waals surface area contributed by atoms with Crippen molar-refractivity contribution in [3.63, 3.8) is 0 Å².